The summed E-state index contributed by atoms with van der Waals surface area (Å²) >= 11 is 0. The Morgan fingerprint density at radius 3 is 2.62 bits per heavy atom. The van der Waals surface area contributed by atoms with Crippen LogP contribution in [0.1, 0.15) is 46.2 Å². The van der Waals surface area contributed by atoms with Gasteiger partial charge in [0.2, 0.25) is 0 Å². The van der Waals surface area contributed by atoms with Crippen LogP contribution in [0, 0.1) is 0 Å². The summed E-state index contributed by atoms with van der Waals surface area (Å²) in [7, 11) is 0. The van der Waals surface area contributed by atoms with Gasteiger partial charge in [0.1, 0.15) is 5.75 Å². The highest BCUT2D eigenvalue weighted by Crippen LogP contribution is 2.15. The largest absolute Gasteiger partial charge is 0.477 e. The molecule has 5 heteroatoms. The highest BCUT2D eigenvalue weighted by molar-refractivity contribution is 5.75. The maximum absolute atomic E-state index is 11.8. The van der Waals surface area contributed by atoms with Gasteiger partial charge in [-0.25, -0.2) is 4.79 Å². The molecule has 1 unspecified atom stereocenters. The fraction of sp³-hybridized carbons (Fsp3) is 0.625. The van der Waals surface area contributed by atoms with Crippen LogP contribution in [0.3, 0.4) is 0 Å². The molecule has 1 heterocycles. The Morgan fingerprint density at radius 2 is 2.10 bits per heavy atom. The first-order valence-corrected chi connectivity index (χ1v) is 7.58. The maximum Gasteiger partial charge on any atom is 0.347 e. The molecule has 0 saturated carbocycles. The number of hydrogen-bond donors (Lipinski definition) is 1. The van der Waals surface area contributed by atoms with Gasteiger partial charge in [-0.3, -0.25) is 4.98 Å². The van der Waals surface area contributed by atoms with Crippen molar-refractivity contribution in [2.24, 2.45) is 0 Å². The molecule has 0 aliphatic heterocycles. The van der Waals surface area contributed by atoms with E-state index in [0.717, 1.165) is 12.1 Å². The Hall–Kier alpha value is -1.62. The van der Waals surface area contributed by atoms with E-state index in [2.05, 4.69) is 24.1 Å². The first-order valence-electron chi connectivity index (χ1n) is 7.58. The van der Waals surface area contributed by atoms with Gasteiger partial charge >= 0.3 is 5.97 Å². The lowest BCUT2D eigenvalue weighted by Gasteiger charge is -2.17. The third-order valence-corrected chi connectivity index (χ3v) is 2.87. The van der Waals surface area contributed by atoms with E-state index in [1.165, 1.54) is 0 Å². The minimum atomic E-state index is -0.559. The van der Waals surface area contributed by atoms with E-state index in [4.69, 9.17) is 9.47 Å². The summed E-state index contributed by atoms with van der Waals surface area (Å²) in [6.07, 6.45) is 2.58. The number of esters is 1. The van der Waals surface area contributed by atoms with Crippen LogP contribution in [0.4, 0.5) is 0 Å². The number of pyridine rings is 1. The van der Waals surface area contributed by atoms with E-state index in [9.17, 15) is 4.79 Å². The third-order valence-electron chi connectivity index (χ3n) is 2.87. The zero-order valence-electron chi connectivity index (χ0n) is 13.4. The van der Waals surface area contributed by atoms with Crippen molar-refractivity contribution < 1.29 is 14.3 Å². The summed E-state index contributed by atoms with van der Waals surface area (Å²) in [6.45, 7) is 9.06. The number of carbonyl (C=O) groups excluding carboxylic acids is 1. The van der Waals surface area contributed by atoms with E-state index in [0.29, 0.717) is 31.4 Å². The quantitative estimate of drug-likeness (QED) is 0.710. The molecule has 0 amide bonds. The van der Waals surface area contributed by atoms with Gasteiger partial charge in [0.25, 0.3) is 0 Å². The second kappa shape index (κ2) is 9.34. The molecule has 0 fully saturated rings. The molecular formula is C16H26N2O3. The van der Waals surface area contributed by atoms with Crippen LogP contribution in [0.15, 0.2) is 18.3 Å². The van der Waals surface area contributed by atoms with Crippen LogP contribution in [-0.4, -0.2) is 29.7 Å². The Balaban J connectivity index is 2.60. The number of aromatic nitrogens is 1. The molecule has 0 aliphatic rings. The first-order chi connectivity index (χ1) is 10.1. The molecule has 118 valence electrons. The maximum atomic E-state index is 11.8. The monoisotopic (exact) mass is 294 g/mol. The summed E-state index contributed by atoms with van der Waals surface area (Å²) in [4.78, 5) is 16.1. The van der Waals surface area contributed by atoms with Crippen molar-refractivity contribution in [1.82, 2.24) is 10.3 Å². The number of carbonyl (C=O) groups is 1. The number of nitrogens with zero attached hydrogens (tertiary/aromatic N) is 1. The minimum Gasteiger partial charge on any atom is -0.477 e. The zero-order valence-corrected chi connectivity index (χ0v) is 13.4. The van der Waals surface area contributed by atoms with E-state index < -0.39 is 6.10 Å². The smallest absolute Gasteiger partial charge is 0.347 e. The second-order valence-corrected chi connectivity index (χ2v) is 5.17. The number of nitrogens with one attached hydrogen (secondary N) is 1. The Kier molecular flexibility index (Phi) is 7.75. The third kappa shape index (κ3) is 6.58. The van der Waals surface area contributed by atoms with Gasteiger partial charge in [-0.1, -0.05) is 27.2 Å². The van der Waals surface area contributed by atoms with Gasteiger partial charge < -0.3 is 14.8 Å². The minimum absolute atomic E-state index is 0.315. The van der Waals surface area contributed by atoms with Crippen molar-refractivity contribution in [1.29, 1.82) is 0 Å². The first kappa shape index (κ1) is 17.4. The van der Waals surface area contributed by atoms with E-state index in [1.807, 2.05) is 19.1 Å². The molecule has 1 aromatic rings. The van der Waals surface area contributed by atoms with Gasteiger partial charge in [0.15, 0.2) is 6.10 Å². The standard InChI is InChI=1S/C16H26N2O3/c1-5-7-15(16(19)20-6-2)21-14-9-8-13(18-11-14)10-17-12(3)4/h8-9,11-12,15,17H,5-7,10H2,1-4H3. The van der Waals surface area contributed by atoms with E-state index in [-0.39, 0.29) is 5.97 Å². The summed E-state index contributed by atoms with van der Waals surface area (Å²) in [5, 5.41) is 3.30. The SMILES string of the molecule is CCCC(Oc1ccc(CNC(C)C)nc1)C(=O)OCC. The van der Waals surface area contributed by atoms with Crippen LogP contribution >= 0.6 is 0 Å². The van der Waals surface area contributed by atoms with Crippen molar-refractivity contribution in [3.63, 3.8) is 0 Å². The van der Waals surface area contributed by atoms with Crippen molar-refractivity contribution in [2.45, 2.75) is 59.2 Å². The number of rotatable bonds is 9. The topological polar surface area (TPSA) is 60.5 Å². The lowest BCUT2D eigenvalue weighted by atomic mass is 10.2. The normalized spacial score (nSPS) is 12.2. The molecule has 0 bridgehead atoms. The van der Waals surface area contributed by atoms with Gasteiger partial charge in [-0.2, -0.15) is 0 Å². The predicted octanol–water partition coefficient (Wildman–Crippen LogP) is 2.69. The predicted molar refractivity (Wildman–Crippen MR) is 82.2 cm³/mol. The number of ether oxygens (including phenoxy) is 2. The average molecular weight is 294 g/mol. The van der Waals surface area contributed by atoms with Gasteiger partial charge in [-0.15, -0.1) is 0 Å². The van der Waals surface area contributed by atoms with Crippen LogP contribution in [0.5, 0.6) is 5.75 Å². The van der Waals surface area contributed by atoms with Crippen LogP contribution < -0.4 is 10.1 Å². The fourth-order valence-electron chi connectivity index (χ4n) is 1.78. The zero-order chi connectivity index (χ0) is 15.7. The van der Waals surface area contributed by atoms with Crippen LogP contribution in [0.2, 0.25) is 0 Å². The molecule has 1 N–H and O–H groups in total. The molecule has 21 heavy (non-hydrogen) atoms. The number of hydrogen-bond acceptors (Lipinski definition) is 5. The molecule has 0 radical (unpaired) electrons. The lowest BCUT2D eigenvalue weighted by molar-refractivity contribution is -0.151. The molecular weight excluding hydrogens is 268 g/mol. The van der Waals surface area contributed by atoms with Crippen molar-refractivity contribution in [3.05, 3.63) is 24.0 Å². The van der Waals surface area contributed by atoms with E-state index in [1.54, 1.807) is 13.1 Å². The average Bonchev–Trinajstić information content (AvgIpc) is 2.46. The Morgan fingerprint density at radius 1 is 1.33 bits per heavy atom. The van der Waals surface area contributed by atoms with Crippen LogP contribution in [0.25, 0.3) is 0 Å². The van der Waals surface area contributed by atoms with Gasteiger partial charge in [0.05, 0.1) is 18.5 Å². The molecule has 1 aromatic heterocycles. The Bertz CT molecular complexity index is 418. The highest BCUT2D eigenvalue weighted by atomic mass is 16.6. The molecule has 0 aliphatic carbocycles. The van der Waals surface area contributed by atoms with Gasteiger partial charge in [-0.05, 0) is 25.5 Å². The molecule has 5 nitrogen and oxygen atoms in total. The highest BCUT2D eigenvalue weighted by Gasteiger charge is 2.20. The fourth-order valence-corrected chi connectivity index (χ4v) is 1.78. The van der Waals surface area contributed by atoms with Crippen LogP contribution in [-0.2, 0) is 16.1 Å². The molecule has 0 aromatic carbocycles. The molecule has 0 spiro atoms. The molecule has 1 atom stereocenters. The van der Waals surface area contributed by atoms with Crippen molar-refractivity contribution in [2.75, 3.05) is 6.61 Å². The summed E-state index contributed by atoms with van der Waals surface area (Å²) in [6, 6.07) is 4.16. The van der Waals surface area contributed by atoms with Crippen molar-refractivity contribution >= 4 is 5.97 Å². The molecule has 1 rings (SSSR count). The lowest BCUT2D eigenvalue weighted by Crippen LogP contribution is -2.29. The van der Waals surface area contributed by atoms with Gasteiger partial charge in [0, 0.05) is 12.6 Å². The molecule has 0 saturated heterocycles. The summed E-state index contributed by atoms with van der Waals surface area (Å²) < 4.78 is 10.7. The summed E-state index contributed by atoms with van der Waals surface area (Å²) in [5.74, 6) is 0.278. The van der Waals surface area contributed by atoms with E-state index >= 15 is 0 Å². The Labute approximate surface area is 127 Å². The summed E-state index contributed by atoms with van der Waals surface area (Å²) in [5.41, 5.74) is 0.944. The van der Waals surface area contributed by atoms with Crippen molar-refractivity contribution in [3.8, 4) is 5.75 Å². The second-order valence-electron chi connectivity index (χ2n) is 5.17.